The highest BCUT2D eigenvalue weighted by atomic mass is 32.1. The molecule has 0 N–H and O–H groups in total. The number of hydrogen-bond donors (Lipinski definition) is 1. The molecule has 104 valence electrons. The highest BCUT2D eigenvalue weighted by molar-refractivity contribution is 7.96. The summed E-state index contributed by atoms with van der Waals surface area (Å²) in [6.45, 7) is 6.31. The van der Waals surface area contributed by atoms with Crippen molar-refractivity contribution < 1.29 is 23.9 Å². The molecule has 0 spiro atoms. The van der Waals surface area contributed by atoms with Crippen LogP contribution < -0.4 is 0 Å². The van der Waals surface area contributed by atoms with Crippen molar-refractivity contribution in [2.24, 2.45) is 0 Å². The predicted octanol–water partition coefficient (Wildman–Crippen LogP) is 1.94. The molecule has 0 bridgehead atoms. The highest BCUT2D eigenvalue weighted by Crippen LogP contribution is 2.13. The van der Waals surface area contributed by atoms with Gasteiger partial charge in [0.2, 0.25) is 0 Å². The molecular formula is C11H19NO5S. The van der Waals surface area contributed by atoms with E-state index < -0.39 is 29.6 Å². The third-order valence-electron chi connectivity index (χ3n) is 2.19. The van der Waals surface area contributed by atoms with Gasteiger partial charge in [-0.05, 0) is 13.8 Å². The molecule has 0 aliphatic rings. The lowest BCUT2D eigenvalue weighted by Gasteiger charge is -2.31. The summed E-state index contributed by atoms with van der Waals surface area (Å²) in [5, 5.41) is -0.636. The second kappa shape index (κ2) is 7.97. The second-order valence-corrected chi connectivity index (χ2v) is 3.96. The van der Waals surface area contributed by atoms with Crippen LogP contribution in [-0.2, 0) is 19.1 Å². The number of carbonyl (C=O) groups excluding carboxylic acids is 3. The first-order valence-corrected chi connectivity index (χ1v) is 6.18. The van der Waals surface area contributed by atoms with E-state index >= 15 is 0 Å². The van der Waals surface area contributed by atoms with Crippen LogP contribution in [0.4, 0.5) is 4.79 Å². The van der Waals surface area contributed by atoms with E-state index in [0.717, 1.165) is 4.90 Å². The number of hydrogen-bond acceptors (Lipinski definition) is 5. The van der Waals surface area contributed by atoms with Gasteiger partial charge in [-0.3, -0.25) is 19.3 Å². The van der Waals surface area contributed by atoms with Crippen LogP contribution in [0.5, 0.6) is 0 Å². The summed E-state index contributed by atoms with van der Waals surface area (Å²) in [6.07, 6.45) is -1.30. The largest absolute Gasteiger partial charge is 0.442 e. The number of thiol groups is 1. The topological polar surface area (TPSA) is 72.9 Å². The number of carbonyl (C=O) groups is 3. The van der Waals surface area contributed by atoms with Gasteiger partial charge in [0.05, 0.1) is 0 Å². The van der Waals surface area contributed by atoms with Crippen molar-refractivity contribution in [2.75, 3.05) is 0 Å². The SMILES string of the molecule is CCC(=O)OC(C)N(C(=O)S)C(C)OC(=O)CC. The lowest BCUT2D eigenvalue weighted by molar-refractivity contribution is -0.170. The maximum Gasteiger partial charge on any atom is 0.307 e. The smallest absolute Gasteiger partial charge is 0.307 e. The van der Waals surface area contributed by atoms with Crippen molar-refractivity contribution in [1.82, 2.24) is 4.90 Å². The molecule has 2 atom stereocenters. The summed E-state index contributed by atoms with van der Waals surface area (Å²) >= 11 is 3.68. The molecule has 0 aromatic heterocycles. The summed E-state index contributed by atoms with van der Waals surface area (Å²) in [5.41, 5.74) is 0. The molecule has 0 aromatic rings. The van der Waals surface area contributed by atoms with Crippen LogP contribution in [0.1, 0.15) is 40.5 Å². The summed E-state index contributed by atoms with van der Waals surface area (Å²) < 4.78 is 9.97. The number of amides is 1. The van der Waals surface area contributed by atoms with Crippen LogP contribution in [0.3, 0.4) is 0 Å². The quantitative estimate of drug-likeness (QED) is 0.456. The van der Waals surface area contributed by atoms with E-state index in [2.05, 4.69) is 12.6 Å². The number of rotatable bonds is 6. The van der Waals surface area contributed by atoms with Gasteiger partial charge in [-0.15, -0.1) is 0 Å². The Bertz CT molecular complexity index is 297. The summed E-state index contributed by atoms with van der Waals surface area (Å²) in [6, 6.07) is 0. The molecular weight excluding hydrogens is 258 g/mol. The average molecular weight is 277 g/mol. The predicted molar refractivity (Wildman–Crippen MR) is 67.9 cm³/mol. The van der Waals surface area contributed by atoms with E-state index in [0.29, 0.717) is 0 Å². The Morgan fingerprint density at radius 1 is 1.00 bits per heavy atom. The first-order valence-electron chi connectivity index (χ1n) is 5.73. The lowest BCUT2D eigenvalue weighted by Crippen LogP contribution is -2.46. The zero-order valence-corrected chi connectivity index (χ0v) is 11.9. The average Bonchev–Trinajstić information content (AvgIpc) is 2.27. The Kier molecular flexibility index (Phi) is 7.42. The van der Waals surface area contributed by atoms with Gasteiger partial charge >= 0.3 is 11.9 Å². The number of nitrogens with zero attached hydrogens (tertiary/aromatic N) is 1. The van der Waals surface area contributed by atoms with Crippen molar-refractivity contribution in [3.05, 3.63) is 0 Å². The molecule has 0 radical (unpaired) electrons. The first-order chi connectivity index (χ1) is 8.33. The first kappa shape index (κ1) is 16.8. The Morgan fingerprint density at radius 2 is 1.33 bits per heavy atom. The van der Waals surface area contributed by atoms with E-state index in [1.807, 2.05) is 0 Å². The molecule has 2 unspecified atom stereocenters. The summed E-state index contributed by atoms with van der Waals surface area (Å²) in [4.78, 5) is 34.8. The minimum absolute atomic E-state index is 0.196. The standard InChI is InChI=1S/C11H19NO5S/c1-5-9(13)16-7(3)12(11(15)18)8(4)17-10(14)6-2/h7-8H,5-6H2,1-4H3,(H,15,18). The van der Waals surface area contributed by atoms with Crippen LogP contribution in [0.25, 0.3) is 0 Å². The zero-order valence-electron chi connectivity index (χ0n) is 11.0. The normalized spacial score (nSPS) is 13.4. The molecule has 6 nitrogen and oxygen atoms in total. The number of esters is 2. The molecule has 0 fully saturated rings. The van der Waals surface area contributed by atoms with Gasteiger partial charge in [0, 0.05) is 12.8 Å². The van der Waals surface area contributed by atoms with E-state index in [1.165, 1.54) is 13.8 Å². The molecule has 0 saturated carbocycles. The molecule has 0 aliphatic carbocycles. The van der Waals surface area contributed by atoms with E-state index in [9.17, 15) is 14.4 Å². The van der Waals surface area contributed by atoms with Crippen LogP contribution in [0, 0.1) is 0 Å². The Morgan fingerprint density at radius 3 is 1.56 bits per heavy atom. The van der Waals surface area contributed by atoms with E-state index in [4.69, 9.17) is 9.47 Å². The maximum atomic E-state index is 11.4. The van der Waals surface area contributed by atoms with Gasteiger partial charge in [-0.25, -0.2) is 0 Å². The van der Waals surface area contributed by atoms with Gasteiger partial charge in [0.1, 0.15) is 0 Å². The van der Waals surface area contributed by atoms with E-state index in [-0.39, 0.29) is 12.8 Å². The van der Waals surface area contributed by atoms with Crippen molar-refractivity contribution in [1.29, 1.82) is 0 Å². The van der Waals surface area contributed by atoms with Crippen molar-refractivity contribution in [2.45, 2.75) is 53.0 Å². The van der Waals surface area contributed by atoms with Gasteiger partial charge in [0.25, 0.3) is 5.24 Å². The Hall–Kier alpha value is -1.24. The highest BCUT2D eigenvalue weighted by Gasteiger charge is 2.28. The Labute approximate surface area is 112 Å². The fourth-order valence-corrected chi connectivity index (χ4v) is 1.59. The van der Waals surface area contributed by atoms with Crippen molar-refractivity contribution in [3.8, 4) is 0 Å². The maximum absolute atomic E-state index is 11.4. The van der Waals surface area contributed by atoms with Gasteiger partial charge < -0.3 is 9.47 Å². The zero-order chi connectivity index (χ0) is 14.3. The van der Waals surface area contributed by atoms with Crippen LogP contribution >= 0.6 is 12.6 Å². The second-order valence-electron chi connectivity index (χ2n) is 3.58. The molecule has 7 heteroatoms. The summed E-state index contributed by atoms with van der Waals surface area (Å²) in [7, 11) is 0. The lowest BCUT2D eigenvalue weighted by atomic mass is 10.4. The number of ether oxygens (including phenoxy) is 2. The molecule has 18 heavy (non-hydrogen) atoms. The van der Waals surface area contributed by atoms with Crippen LogP contribution in [0.2, 0.25) is 0 Å². The van der Waals surface area contributed by atoms with Crippen LogP contribution in [0.15, 0.2) is 0 Å². The fourth-order valence-electron chi connectivity index (χ4n) is 1.27. The third-order valence-corrected chi connectivity index (χ3v) is 2.42. The molecule has 1 amide bonds. The third kappa shape index (κ3) is 5.39. The minimum Gasteiger partial charge on any atom is -0.442 e. The fraction of sp³-hybridized carbons (Fsp3) is 0.727. The molecule has 0 heterocycles. The van der Waals surface area contributed by atoms with Gasteiger partial charge in [-0.1, -0.05) is 26.5 Å². The molecule has 0 rings (SSSR count). The molecule has 0 saturated heterocycles. The molecule has 0 aliphatic heterocycles. The molecule has 0 aromatic carbocycles. The van der Waals surface area contributed by atoms with Gasteiger partial charge in [0.15, 0.2) is 12.5 Å². The van der Waals surface area contributed by atoms with Gasteiger partial charge in [-0.2, -0.15) is 0 Å². The Balaban J connectivity index is 4.68. The van der Waals surface area contributed by atoms with Crippen molar-refractivity contribution in [3.63, 3.8) is 0 Å². The van der Waals surface area contributed by atoms with Crippen molar-refractivity contribution >= 4 is 29.8 Å². The minimum atomic E-state index is -0.845. The van der Waals surface area contributed by atoms with Crippen LogP contribution in [-0.4, -0.2) is 34.5 Å². The monoisotopic (exact) mass is 277 g/mol. The summed E-state index contributed by atoms with van der Waals surface area (Å²) in [5.74, 6) is -0.896. The van der Waals surface area contributed by atoms with E-state index in [1.54, 1.807) is 13.8 Å².